The van der Waals surface area contributed by atoms with Crippen LogP contribution in [0.3, 0.4) is 0 Å². The second-order valence-electron chi connectivity index (χ2n) is 6.63. The summed E-state index contributed by atoms with van der Waals surface area (Å²) in [4.78, 5) is 13.4. The second-order valence-corrected chi connectivity index (χ2v) is 6.63. The molecule has 2 aromatic rings. The first-order valence-electron chi connectivity index (χ1n) is 8.98. The number of rotatable bonds is 7. The Hall–Kier alpha value is -1.89. The van der Waals surface area contributed by atoms with Crippen LogP contribution >= 0.6 is 0 Å². The van der Waals surface area contributed by atoms with Gasteiger partial charge in [-0.15, -0.1) is 0 Å². The molecule has 0 N–H and O–H groups in total. The van der Waals surface area contributed by atoms with Gasteiger partial charge >= 0.3 is 0 Å². The second kappa shape index (κ2) is 6.70. The number of carbonyl (C=O) groups is 1. The molecule has 0 spiro atoms. The van der Waals surface area contributed by atoms with Crippen LogP contribution in [0.2, 0.25) is 0 Å². The minimum Gasteiger partial charge on any atom is -0.298 e. The summed E-state index contributed by atoms with van der Waals surface area (Å²) in [6, 6.07) is 17.0. The van der Waals surface area contributed by atoms with Crippen LogP contribution in [0, 0.1) is 0 Å². The van der Waals surface area contributed by atoms with Crippen LogP contribution in [0.4, 0.5) is 0 Å². The monoisotopic (exact) mass is 306 g/mol. The van der Waals surface area contributed by atoms with E-state index in [1.165, 1.54) is 22.3 Å². The Balaban J connectivity index is 2.19. The van der Waals surface area contributed by atoms with E-state index in [1.54, 1.807) is 0 Å². The van der Waals surface area contributed by atoms with Gasteiger partial charge in [-0.25, -0.2) is 0 Å². The largest absolute Gasteiger partial charge is 0.298 e. The third kappa shape index (κ3) is 2.52. The molecule has 0 amide bonds. The standard InChI is InChI=1S/C22H26O/c1-3-5-15-21(23)22(16-6-4-2)19-13-9-7-11-17(19)18-12-8-10-14-20(18)22/h7-14H,3-6,15-16H2,1-2H3. The Morgan fingerprint density at radius 3 is 1.87 bits per heavy atom. The van der Waals surface area contributed by atoms with Crippen LogP contribution < -0.4 is 0 Å². The Bertz CT molecular complexity index is 653. The zero-order valence-electron chi connectivity index (χ0n) is 14.3. The van der Waals surface area contributed by atoms with Gasteiger partial charge in [0.25, 0.3) is 0 Å². The molecule has 0 heterocycles. The Labute approximate surface area is 139 Å². The predicted molar refractivity (Wildman–Crippen MR) is 96.7 cm³/mol. The van der Waals surface area contributed by atoms with Crippen molar-refractivity contribution in [2.24, 2.45) is 0 Å². The van der Waals surface area contributed by atoms with Crippen molar-refractivity contribution >= 4 is 5.78 Å². The summed E-state index contributed by atoms with van der Waals surface area (Å²) in [5.41, 5.74) is 4.55. The van der Waals surface area contributed by atoms with Crippen molar-refractivity contribution in [1.29, 1.82) is 0 Å². The predicted octanol–water partition coefficient (Wildman–Crippen LogP) is 5.90. The van der Waals surface area contributed by atoms with Crippen molar-refractivity contribution < 1.29 is 4.79 Å². The molecule has 1 aliphatic carbocycles. The summed E-state index contributed by atoms with van der Waals surface area (Å²) >= 11 is 0. The van der Waals surface area contributed by atoms with E-state index in [4.69, 9.17) is 0 Å². The number of carbonyl (C=O) groups excluding carboxylic acids is 1. The summed E-state index contributed by atoms with van der Waals surface area (Å²) in [5.74, 6) is 0.408. The van der Waals surface area contributed by atoms with E-state index in [0.29, 0.717) is 12.2 Å². The van der Waals surface area contributed by atoms with Gasteiger partial charge in [0, 0.05) is 6.42 Å². The normalized spacial score (nSPS) is 14.3. The zero-order valence-corrected chi connectivity index (χ0v) is 14.3. The van der Waals surface area contributed by atoms with E-state index >= 15 is 0 Å². The van der Waals surface area contributed by atoms with Crippen LogP contribution in [0.25, 0.3) is 11.1 Å². The highest BCUT2D eigenvalue weighted by atomic mass is 16.1. The fraction of sp³-hybridized carbons (Fsp3) is 0.409. The van der Waals surface area contributed by atoms with Gasteiger partial charge in [-0.2, -0.15) is 0 Å². The molecule has 120 valence electrons. The molecule has 0 atom stereocenters. The smallest absolute Gasteiger partial charge is 0.147 e. The minimum atomic E-state index is -0.418. The molecule has 2 aromatic carbocycles. The first-order valence-corrected chi connectivity index (χ1v) is 8.98. The van der Waals surface area contributed by atoms with Gasteiger partial charge in [0.2, 0.25) is 0 Å². The lowest BCUT2D eigenvalue weighted by Gasteiger charge is -2.31. The Kier molecular flexibility index (Phi) is 4.66. The zero-order chi connectivity index (χ0) is 16.3. The van der Waals surface area contributed by atoms with Crippen LogP contribution in [-0.2, 0) is 10.2 Å². The molecular weight excluding hydrogens is 280 g/mol. The first kappa shape index (κ1) is 16.0. The van der Waals surface area contributed by atoms with Gasteiger partial charge in [0.15, 0.2) is 0 Å². The number of hydrogen-bond acceptors (Lipinski definition) is 1. The van der Waals surface area contributed by atoms with Crippen molar-refractivity contribution in [3.63, 3.8) is 0 Å². The summed E-state index contributed by atoms with van der Waals surface area (Å²) < 4.78 is 0. The lowest BCUT2D eigenvalue weighted by atomic mass is 9.70. The highest BCUT2D eigenvalue weighted by Crippen LogP contribution is 2.52. The third-order valence-electron chi connectivity index (χ3n) is 5.20. The van der Waals surface area contributed by atoms with E-state index in [2.05, 4.69) is 62.4 Å². The molecule has 1 heteroatoms. The van der Waals surface area contributed by atoms with E-state index in [9.17, 15) is 4.79 Å². The van der Waals surface area contributed by atoms with Crippen LogP contribution in [0.5, 0.6) is 0 Å². The Morgan fingerprint density at radius 2 is 1.35 bits per heavy atom. The van der Waals surface area contributed by atoms with E-state index < -0.39 is 5.41 Å². The van der Waals surface area contributed by atoms with E-state index in [1.807, 2.05) is 0 Å². The fourth-order valence-electron chi connectivity index (χ4n) is 4.03. The highest BCUT2D eigenvalue weighted by Gasteiger charge is 2.47. The SMILES string of the molecule is CCCCC(=O)C1(CCCC)c2ccccc2-c2ccccc21. The van der Waals surface area contributed by atoms with Crippen LogP contribution in [-0.4, -0.2) is 5.78 Å². The molecule has 0 saturated carbocycles. The summed E-state index contributed by atoms with van der Waals surface area (Å²) in [7, 11) is 0. The summed E-state index contributed by atoms with van der Waals surface area (Å²) in [6.45, 7) is 4.36. The molecule has 0 aliphatic heterocycles. The van der Waals surface area contributed by atoms with Gasteiger partial charge in [-0.05, 0) is 35.1 Å². The van der Waals surface area contributed by atoms with E-state index in [0.717, 1.165) is 32.1 Å². The molecule has 0 unspecified atom stereocenters. The molecule has 3 rings (SSSR count). The molecule has 0 saturated heterocycles. The van der Waals surface area contributed by atoms with Crippen LogP contribution in [0.15, 0.2) is 48.5 Å². The van der Waals surface area contributed by atoms with Gasteiger partial charge in [-0.3, -0.25) is 4.79 Å². The third-order valence-corrected chi connectivity index (χ3v) is 5.20. The number of ketones is 1. The highest BCUT2D eigenvalue weighted by molar-refractivity contribution is 6.01. The molecule has 1 aliphatic rings. The number of hydrogen-bond donors (Lipinski definition) is 0. The van der Waals surface area contributed by atoms with Crippen molar-refractivity contribution in [3.05, 3.63) is 59.7 Å². The van der Waals surface area contributed by atoms with Crippen molar-refractivity contribution in [1.82, 2.24) is 0 Å². The lowest BCUT2D eigenvalue weighted by molar-refractivity contribution is -0.123. The average molecular weight is 306 g/mol. The number of benzene rings is 2. The molecule has 0 bridgehead atoms. The maximum atomic E-state index is 13.4. The number of Topliss-reactive ketones (excluding diaryl/α,β-unsaturated/α-hetero) is 1. The molecule has 1 nitrogen and oxygen atoms in total. The van der Waals surface area contributed by atoms with Crippen LogP contribution in [0.1, 0.15) is 63.5 Å². The number of unbranched alkanes of at least 4 members (excludes halogenated alkanes) is 2. The summed E-state index contributed by atoms with van der Waals surface area (Å²) in [6.07, 6.45) is 5.87. The average Bonchev–Trinajstić information content (AvgIpc) is 2.89. The van der Waals surface area contributed by atoms with E-state index in [-0.39, 0.29) is 0 Å². The quantitative estimate of drug-likeness (QED) is 0.622. The van der Waals surface area contributed by atoms with Gasteiger partial charge in [-0.1, -0.05) is 81.6 Å². The topological polar surface area (TPSA) is 17.1 Å². The minimum absolute atomic E-state index is 0.408. The van der Waals surface area contributed by atoms with Crippen molar-refractivity contribution in [2.45, 2.75) is 57.8 Å². The van der Waals surface area contributed by atoms with Gasteiger partial charge in [0.05, 0.1) is 5.41 Å². The number of fused-ring (bicyclic) bond motifs is 3. The fourth-order valence-corrected chi connectivity index (χ4v) is 4.03. The Morgan fingerprint density at radius 1 is 0.826 bits per heavy atom. The molecule has 0 radical (unpaired) electrons. The first-order chi connectivity index (χ1) is 11.3. The maximum Gasteiger partial charge on any atom is 0.147 e. The van der Waals surface area contributed by atoms with Gasteiger partial charge in [0.1, 0.15) is 5.78 Å². The molecular formula is C22H26O. The molecule has 0 aromatic heterocycles. The maximum absolute atomic E-state index is 13.4. The molecule has 0 fully saturated rings. The van der Waals surface area contributed by atoms with Gasteiger partial charge < -0.3 is 0 Å². The molecule has 23 heavy (non-hydrogen) atoms. The summed E-state index contributed by atoms with van der Waals surface area (Å²) in [5, 5.41) is 0. The van der Waals surface area contributed by atoms with Crippen molar-refractivity contribution in [3.8, 4) is 11.1 Å². The lowest BCUT2D eigenvalue weighted by Crippen LogP contribution is -2.35. The van der Waals surface area contributed by atoms with Crippen molar-refractivity contribution in [2.75, 3.05) is 0 Å².